The standard InChI is InChI=1S/C14H11NO3/c16-13(10-6-2-1-3-7-10)14-11-8-4-5-9-12(11)15(17)18-14/h1-9,13-14H. The van der Waals surface area contributed by atoms with Gasteiger partial charge in [-0.25, -0.2) is 4.84 Å². The van der Waals surface area contributed by atoms with Crippen LogP contribution < -0.4 is 5.11 Å². The van der Waals surface area contributed by atoms with Crippen molar-refractivity contribution in [3.63, 3.8) is 0 Å². The monoisotopic (exact) mass is 241 g/mol. The number of hydrogen-bond donors (Lipinski definition) is 0. The molecule has 2 unspecified atom stereocenters. The van der Waals surface area contributed by atoms with Crippen molar-refractivity contribution in [2.75, 3.05) is 0 Å². The molecule has 90 valence electrons. The molecule has 2 aromatic rings. The van der Waals surface area contributed by atoms with Crippen molar-refractivity contribution in [2.45, 2.75) is 12.2 Å². The summed E-state index contributed by atoms with van der Waals surface area (Å²) in [5, 5.41) is 12.3. The van der Waals surface area contributed by atoms with Crippen LogP contribution in [0.2, 0.25) is 0 Å². The van der Waals surface area contributed by atoms with Crippen LogP contribution in [0.1, 0.15) is 23.3 Å². The Balaban J connectivity index is 1.98. The molecule has 4 heteroatoms. The number of hydrogen-bond acceptors (Lipinski definition) is 3. The van der Waals surface area contributed by atoms with E-state index in [1.54, 1.807) is 48.5 Å². The number of para-hydroxylation sites is 1. The largest absolute Gasteiger partial charge is 0.845 e. The molecule has 0 aromatic heterocycles. The van der Waals surface area contributed by atoms with E-state index in [9.17, 15) is 10.0 Å². The maximum atomic E-state index is 12.3. The Labute approximate surface area is 104 Å². The molecular weight excluding hydrogens is 230 g/mol. The summed E-state index contributed by atoms with van der Waals surface area (Å²) < 4.78 is 0. The van der Waals surface area contributed by atoms with Gasteiger partial charge in [0.1, 0.15) is 0 Å². The van der Waals surface area contributed by atoms with Gasteiger partial charge in [0.15, 0.2) is 6.10 Å². The Kier molecular flexibility index (Phi) is 2.57. The number of rotatable bonds is 2. The molecule has 18 heavy (non-hydrogen) atoms. The second-order valence-electron chi connectivity index (χ2n) is 4.17. The fourth-order valence-corrected chi connectivity index (χ4v) is 2.15. The number of benzene rings is 2. The maximum absolute atomic E-state index is 12.3. The van der Waals surface area contributed by atoms with Crippen LogP contribution in [0.3, 0.4) is 0 Å². The van der Waals surface area contributed by atoms with E-state index < -0.39 is 12.2 Å². The topological polar surface area (TPSA) is 52.4 Å². The average Bonchev–Trinajstić information content (AvgIpc) is 2.77. The molecule has 2 aromatic carbocycles. The number of fused-ring (bicyclic) bond motifs is 1. The molecule has 3 rings (SSSR count). The lowest BCUT2D eigenvalue weighted by Crippen LogP contribution is -2.23. The molecule has 0 aliphatic carbocycles. The van der Waals surface area contributed by atoms with Crippen LogP contribution in [0.15, 0.2) is 54.6 Å². The van der Waals surface area contributed by atoms with Crippen LogP contribution >= 0.6 is 0 Å². The molecule has 1 aliphatic rings. The first-order chi connectivity index (χ1) is 8.77. The molecule has 0 saturated carbocycles. The minimum absolute atomic E-state index is 0.416. The maximum Gasteiger partial charge on any atom is 0.323 e. The van der Waals surface area contributed by atoms with E-state index in [0.29, 0.717) is 21.7 Å². The van der Waals surface area contributed by atoms with Crippen molar-refractivity contribution in [1.29, 1.82) is 0 Å². The van der Waals surface area contributed by atoms with Gasteiger partial charge in [-0.05, 0) is 12.2 Å². The van der Waals surface area contributed by atoms with Crippen molar-refractivity contribution in [2.24, 2.45) is 0 Å². The molecule has 0 saturated heterocycles. The van der Waals surface area contributed by atoms with E-state index in [2.05, 4.69) is 0 Å². The highest BCUT2D eigenvalue weighted by molar-refractivity contribution is 5.43. The molecule has 0 bridgehead atoms. The van der Waals surface area contributed by atoms with E-state index >= 15 is 0 Å². The summed E-state index contributed by atoms with van der Waals surface area (Å²) >= 11 is 0. The Bertz CT molecular complexity index is 583. The van der Waals surface area contributed by atoms with E-state index in [0.717, 1.165) is 0 Å². The summed E-state index contributed by atoms with van der Waals surface area (Å²) in [6.45, 7) is 0. The second kappa shape index (κ2) is 4.23. The lowest BCUT2D eigenvalue weighted by atomic mass is 9.98. The second-order valence-corrected chi connectivity index (χ2v) is 4.17. The summed E-state index contributed by atoms with van der Waals surface area (Å²) in [6, 6.07) is 15.9. The third-order valence-electron chi connectivity index (χ3n) is 3.05. The van der Waals surface area contributed by atoms with Gasteiger partial charge in [-0.15, -0.1) is 0 Å². The highest BCUT2D eigenvalue weighted by Gasteiger charge is 2.40. The van der Waals surface area contributed by atoms with Gasteiger partial charge in [0, 0.05) is 6.07 Å². The third-order valence-corrected chi connectivity index (χ3v) is 3.05. The zero-order chi connectivity index (χ0) is 12.5. The van der Waals surface area contributed by atoms with Crippen molar-refractivity contribution in [3.05, 3.63) is 70.6 Å². The predicted octanol–water partition coefficient (Wildman–Crippen LogP) is 2.18. The van der Waals surface area contributed by atoms with Crippen LogP contribution in [-0.4, -0.2) is 4.92 Å². The zero-order valence-electron chi connectivity index (χ0n) is 9.52. The number of nitrogens with zero attached hydrogens (tertiary/aromatic N) is 1. The van der Waals surface area contributed by atoms with Gasteiger partial charge in [0.2, 0.25) is 0 Å². The molecule has 0 amide bonds. The first-order valence-corrected chi connectivity index (χ1v) is 5.71. The van der Waals surface area contributed by atoms with Crippen LogP contribution in [0, 0.1) is 4.91 Å². The molecule has 2 atom stereocenters. The quantitative estimate of drug-likeness (QED) is 0.809. The van der Waals surface area contributed by atoms with Crippen LogP contribution in [0.4, 0.5) is 5.69 Å². The summed E-state index contributed by atoms with van der Waals surface area (Å²) in [4.78, 5) is 17.1. The summed E-state index contributed by atoms with van der Waals surface area (Å²) in [5.41, 5.74) is 1.68. The Hall–Kier alpha value is -2.20. The van der Waals surface area contributed by atoms with Crippen LogP contribution in [-0.2, 0) is 4.84 Å². The average molecular weight is 241 g/mol. The molecule has 0 spiro atoms. The van der Waals surface area contributed by atoms with E-state index in [4.69, 9.17) is 4.84 Å². The van der Waals surface area contributed by atoms with Gasteiger partial charge < -0.3 is 5.11 Å². The van der Waals surface area contributed by atoms with Gasteiger partial charge in [-0.1, -0.05) is 48.0 Å². The normalized spacial score (nSPS) is 19.2. The zero-order valence-corrected chi connectivity index (χ0v) is 9.52. The summed E-state index contributed by atoms with van der Waals surface area (Å²) in [6.07, 6.45) is -1.87. The summed E-state index contributed by atoms with van der Waals surface area (Å²) in [5.74, 6) is 0. The fraction of sp³-hybridized carbons (Fsp3) is 0.143. The Morgan fingerprint density at radius 3 is 2.50 bits per heavy atom. The molecule has 1 aliphatic heterocycles. The Morgan fingerprint density at radius 2 is 1.72 bits per heavy atom. The molecule has 4 nitrogen and oxygen atoms in total. The predicted molar refractivity (Wildman–Crippen MR) is 62.7 cm³/mol. The Morgan fingerprint density at radius 1 is 1.06 bits per heavy atom. The minimum atomic E-state index is -1.11. The SMILES string of the molecule is O=[N+]1OC(C([O-])c2ccccc2)c2ccccc21. The van der Waals surface area contributed by atoms with Crippen molar-refractivity contribution in [3.8, 4) is 0 Å². The van der Waals surface area contributed by atoms with E-state index in [1.807, 2.05) is 6.07 Å². The van der Waals surface area contributed by atoms with Crippen molar-refractivity contribution < 1.29 is 14.9 Å². The first kappa shape index (κ1) is 10.9. The van der Waals surface area contributed by atoms with Crippen LogP contribution in [0.25, 0.3) is 0 Å². The van der Waals surface area contributed by atoms with Crippen LogP contribution in [0.5, 0.6) is 0 Å². The molecule has 0 fully saturated rings. The molecular formula is C14H11NO3. The minimum Gasteiger partial charge on any atom is -0.845 e. The smallest absolute Gasteiger partial charge is 0.323 e. The summed E-state index contributed by atoms with van der Waals surface area (Å²) in [7, 11) is 0. The highest BCUT2D eigenvalue weighted by Crippen LogP contribution is 2.41. The van der Waals surface area contributed by atoms with Crippen molar-refractivity contribution >= 4 is 5.69 Å². The van der Waals surface area contributed by atoms with E-state index in [1.165, 1.54) is 0 Å². The van der Waals surface area contributed by atoms with Gasteiger partial charge in [0.25, 0.3) is 4.92 Å². The molecule has 1 heterocycles. The fourth-order valence-electron chi connectivity index (χ4n) is 2.15. The third kappa shape index (κ3) is 1.67. The van der Waals surface area contributed by atoms with Gasteiger partial charge in [-0.3, -0.25) is 0 Å². The lowest BCUT2D eigenvalue weighted by molar-refractivity contribution is -0.753. The molecule has 0 radical (unpaired) electrons. The molecule has 0 N–H and O–H groups in total. The van der Waals surface area contributed by atoms with Crippen molar-refractivity contribution in [1.82, 2.24) is 0 Å². The van der Waals surface area contributed by atoms with E-state index in [-0.39, 0.29) is 0 Å². The van der Waals surface area contributed by atoms with Gasteiger partial charge in [-0.2, -0.15) is 0 Å². The van der Waals surface area contributed by atoms with Gasteiger partial charge in [0.05, 0.1) is 10.5 Å². The lowest BCUT2D eigenvalue weighted by Gasteiger charge is -2.24. The highest BCUT2D eigenvalue weighted by atomic mass is 16.8. The van der Waals surface area contributed by atoms with Gasteiger partial charge >= 0.3 is 5.69 Å². The first-order valence-electron chi connectivity index (χ1n) is 5.71.